The highest BCUT2D eigenvalue weighted by atomic mass is 35.5. The molecule has 14 heavy (non-hydrogen) atoms. The molecule has 1 aromatic rings. The van der Waals surface area contributed by atoms with Gasteiger partial charge >= 0.3 is 0 Å². The minimum absolute atomic E-state index is 0.325. The van der Waals surface area contributed by atoms with Crippen LogP contribution in [0.4, 0.5) is 5.82 Å². The number of anilines is 1. The maximum absolute atomic E-state index is 6.00. The second-order valence-electron chi connectivity index (χ2n) is 3.52. The molecule has 0 aliphatic carbocycles. The molecule has 0 spiro atoms. The van der Waals surface area contributed by atoms with E-state index in [1.165, 1.54) is 0 Å². The standard InChI is InChI=1S/C8H12ClN5/c1-3(2)5-4-6(9)11-8(10)12-7(4)14-13-5/h3,8H,10H2,1-2H3,(H2,12,13,14). The van der Waals surface area contributed by atoms with Crippen molar-refractivity contribution in [2.75, 3.05) is 5.32 Å². The SMILES string of the molecule is CC(C)c1[nH]nc2c1C(Cl)=NC(N)N2. The van der Waals surface area contributed by atoms with Crippen LogP contribution in [0.3, 0.4) is 0 Å². The van der Waals surface area contributed by atoms with E-state index >= 15 is 0 Å². The van der Waals surface area contributed by atoms with Gasteiger partial charge in [0, 0.05) is 0 Å². The number of aliphatic imine (C=N–C) groups is 1. The zero-order valence-electron chi connectivity index (χ0n) is 8.00. The van der Waals surface area contributed by atoms with Gasteiger partial charge in [-0.05, 0) is 5.92 Å². The Morgan fingerprint density at radius 3 is 2.86 bits per heavy atom. The summed E-state index contributed by atoms with van der Waals surface area (Å²) in [6, 6.07) is 0. The molecule has 0 bridgehead atoms. The number of hydrogen-bond donors (Lipinski definition) is 3. The van der Waals surface area contributed by atoms with E-state index in [2.05, 4.69) is 34.4 Å². The molecule has 4 N–H and O–H groups in total. The van der Waals surface area contributed by atoms with Crippen LogP contribution in [-0.4, -0.2) is 21.7 Å². The Kier molecular flexibility index (Phi) is 2.20. The first kappa shape index (κ1) is 9.48. The number of halogens is 1. The van der Waals surface area contributed by atoms with Gasteiger partial charge in [0.05, 0.1) is 11.3 Å². The fraction of sp³-hybridized carbons (Fsp3) is 0.500. The Morgan fingerprint density at radius 2 is 2.21 bits per heavy atom. The summed E-state index contributed by atoms with van der Waals surface area (Å²) in [5.74, 6) is 1.01. The van der Waals surface area contributed by atoms with E-state index < -0.39 is 6.29 Å². The lowest BCUT2D eigenvalue weighted by molar-refractivity contribution is 0.796. The Labute approximate surface area is 86.7 Å². The first-order valence-electron chi connectivity index (χ1n) is 4.43. The number of rotatable bonds is 1. The molecule has 1 aromatic heterocycles. The molecule has 6 heteroatoms. The van der Waals surface area contributed by atoms with Crippen molar-refractivity contribution in [1.82, 2.24) is 10.2 Å². The fourth-order valence-electron chi connectivity index (χ4n) is 1.45. The highest BCUT2D eigenvalue weighted by Gasteiger charge is 2.24. The summed E-state index contributed by atoms with van der Waals surface area (Å²) in [4.78, 5) is 4.03. The molecule has 0 saturated carbocycles. The number of aromatic nitrogens is 2. The topological polar surface area (TPSA) is 79.1 Å². The van der Waals surface area contributed by atoms with E-state index in [0.29, 0.717) is 16.9 Å². The van der Waals surface area contributed by atoms with E-state index in [1.54, 1.807) is 0 Å². The van der Waals surface area contributed by atoms with Crippen molar-refractivity contribution in [1.29, 1.82) is 0 Å². The van der Waals surface area contributed by atoms with Crippen LogP contribution in [0.25, 0.3) is 0 Å². The monoisotopic (exact) mass is 213 g/mol. The van der Waals surface area contributed by atoms with E-state index in [4.69, 9.17) is 17.3 Å². The minimum Gasteiger partial charge on any atom is -0.334 e. The lowest BCUT2D eigenvalue weighted by atomic mass is 10.1. The molecule has 2 heterocycles. The lowest BCUT2D eigenvalue weighted by Gasteiger charge is -2.16. The summed E-state index contributed by atoms with van der Waals surface area (Å²) in [6.07, 6.45) is -0.502. The van der Waals surface area contributed by atoms with E-state index in [-0.39, 0.29) is 0 Å². The quantitative estimate of drug-likeness (QED) is 0.656. The molecule has 0 radical (unpaired) electrons. The van der Waals surface area contributed by atoms with Gasteiger partial charge in [-0.15, -0.1) is 0 Å². The number of aromatic amines is 1. The van der Waals surface area contributed by atoms with Crippen LogP contribution in [0.2, 0.25) is 0 Å². The minimum atomic E-state index is -0.502. The number of nitrogens with zero attached hydrogens (tertiary/aromatic N) is 2. The van der Waals surface area contributed by atoms with Gasteiger partial charge in [0.25, 0.3) is 0 Å². The smallest absolute Gasteiger partial charge is 0.174 e. The Hall–Kier alpha value is -1.07. The van der Waals surface area contributed by atoms with Crippen molar-refractivity contribution in [2.24, 2.45) is 10.7 Å². The van der Waals surface area contributed by atoms with Crippen molar-refractivity contribution < 1.29 is 0 Å². The van der Waals surface area contributed by atoms with Crippen LogP contribution in [0.15, 0.2) is 4.99 Å². The fourth-order valence-corrected chi connectivity index (χ4v) is 1.74. The van der Waals surface area contributed by atoms with Gasteiger partial charge in [0.1, 0.15) is 5.17 Å². The van der Waals surface area contributed by atoms with Crippen LogP contribution in [0, 0.1) is 0 Å². The van der Waals surface area contributed by atoms with Crippen LogP contribution in [0.5, 0.6) is 0 Å². The number of H-pyrrole nitrogens is 1. The maximum Gasteiger partial charge on any atom is 0.174 e. The van der Waals surface area contributed by atoms with E-state index in [9.17, 15) is 0 Å². The lowest BCUT2D eigenvalue weighted by Crippen LogP contribution is -2.32. The van der Waals surface area contributed by atoms with Crippen molar-refractivity contribution in [3.05, 3.63) is 11.3 Å². The first-order valence-corrected chi connectivity index (χ1v) is 4.81. The normalized spacial score (nSPS) is 20.4. The Balaban J connectivity index is 2.51. The summed E-state index contributed by atoms with van der Waals surface area (Å²) in [5, 5.41) is 10.4. The van der Waals surface area contributed by atoms with Crippen molar-refractivity contribution in [2.45, 2.75) is 26.1 Å². The average Bonchev–Trinajstić information content (AvgIpc) is 2.47. The third-order valence-corrected chi connectivity index (χ3v) is 2.40. The third-order valence-electron chi connectivity index (χ3n) is 2.11. The molecule has 0 aromatic carbocycles. The van der Waals surface area contributed by atoms with Gasteiger partial charge in [0.15, 0.2) is 12.1 Å². The zero-order chi connectivity index (χ0) is 10.3. The molecule has 76 valence electrons. The zero-order valence-corrected chi connectivity index (χ0v) is 8.76. The molecular formula is C8H12ClN5. The van der Waals surface area contributed by atoms with Crippen molar-refractivity contribution in [3.8, 4) is 0 Å². The van der Waals surface area contributed by atoms with Crippen molar-refractivity contribution >= 4 is 22.6 Å². The van der Waals surface area contributed by atoms with Crippen LogP contribution >= 0.6 is 11.6 Å². The highest BCUT2D eigenvalue weighted by Crippen LogP contribution is 2.28. The predicted molar refractivity (Wildman–Crippen MR) is 56.7 cm³/mol. The summed E-state index contributed by atoms with van der Waals surface area (Å²) in [5.41, 5.74) is 7.40. The van der Waals surface area contributed by atoms with Gasteiger partial charge in [0.2, 0.25) is 0 Å². The average molecular weight is 214 g/mol. The second kappa shape index (κ2) is 3.25. The third kappa shape index (κ3) is 1.38. The van der Waals surface area contributed by atoms with E-state index in [1.807, 2.05) is 0 Å². The Morgan fingerprint density at radius 1 is 1.50 bits per heavy atom. The van der Waals surface area contributed by atoms with Gasteiger partial charge in [-0.3, -0.25) is 10.8 Å². The number of fused-ring (bicyclic) bond motifs is 1. The largest absolute Gasteiger partial charge is 0.334 e. The van der Waals surface area contributed by atoms with Crippen molar-refractivity contribution in [3.63, 3.8) is 0 Å². The molecule has 0 amide bonds. The van der Waals surface area contributed by atoms with Gasteiger partial charge < -0.3 is 5.32 Å². The first-order chi connectivity index (χ1) is 6.59. The van der Waals surface area contributed by atoms with Gasteiger partial charge in [-0.2, -0.15) is 5.10 Å². The molecule has 0 saturated heterocycles. The predicted octanol–water partition coefficient (Wildman–Crippen LogP) is 1.19. The number of hydrogen-bond acceptors (Lipinski definition) is 4. The molecular weight excluding hydrogens is 202 g/mol. The highest BCUT2D eigenvalue weighted by molar-refractivity contribution is 6.70. The van der Waals surface area contributed by atoms with E-state index in [0.717, 1.165) is 11.3 Å². The summed E-state index contributed by atoms with van der Waals surface area (Å²) < 4.78 is 0. The number of nitrogens with one attached hydrogen (secondary N) is 2. The molecule has 1 aliphatic heterocycles. The molecule has 5 nitrogen and oxygen atoms in total. The van der Waals surface area contributed by atoms with Gasteiger partial charge in [-0.25, -0.2) is 4.99 Å². The molecule has 1 unspecified atom stereocenters. The summed E-state index contributed by atoms with van der Waals surface area (Å²) in [6.45, 7) is 4.12. The van der Waals surface area contributed by atoms with Crippen LogP contribution < -0.4 is 11.1 Å². The molecule has 2 rings (SSSR count). The maximum atomic E-state index is 6.00. The molecule has 1 aliphatic rings. The molecule has 1 atom stereocenters. The Bertz CT molecular complexity index is 381. The van der Waals surface area contributed by atoms with Gasteiger partial charge in [-0.1, -0.05) is 25.4 Å². The number of nitrogens with two attached hydrogens (primary N) is 1. The molecule has 0 fully saturated rings. The summed E-state index contributed by atoms with van der Waals surface area (Å²) >= 11 is 6.00. The van der Waals surface area contributed by atoms with Crippen LogP contribution in [-0.2, 0) is 0 Å². The van der Waals surface area contributed by atoms with Crippen LogP contribution in [0.1, 0.15) is 31.0 Å². The summed E-state index contributed by atoms with van der Waals surface area (Å²) in [7, 11) is 0. The second-order valence-corrected chi connectivity index (χ2v) is 3.88.